The molecule has 3 amide bonds. The van der Waals surface area contributed by atoms with Crippen molar-refractivity contribution in [1.29, 1.82) is 0 Å². The van der Waals surface area contributed by atoms with E-state index in [1.807, 2.05) is 23.9 Å². The fourth-order valence-corrected chi connectivity index (χ4v) is 5.35. The Hall–Kier alpha value is -1.93. The zero-order valence-electron chi connectivity index (χ0n) is 16.4. The van der Waals surface area contributed by atoms with E-state index in [2.05, 4.69) is 10.6 Å². The van der Waals surface area contributed by atoms with Crippen LogP contribution in [0.2, 0.25) is 0 Å². The highest BCUT2D eigenvalue weighted by Gasteiger charge is 2.42. The number of ether oxygens (including phenoxy) is 1. The molecule has 8 heteroatoms. The number of phenolic OH excluding ortho intramolecular Hbond substituents is 1. The first-order valence-electron chi connectivity index (χ1n) is 9.72. The summed E-state index contributed by atoms with van der Waals surface area (Å²) in [6.07, 6.45) is 3.12. The van der Waals surface area contributed by atoms with Crippen LogP contribution in [0.4, 0.5) is 4.79 Å². The number of phenols is 1. The lowest BCUT2D eigenvalue weighted by Crippen LogP contribution is -2.36. The molecule has 0 radical (unpaired) electrons. The Balaban J connectivity index is 1.38. The summed E-state index contributed by atoms with van der Waals surface area (Å²) in [4.78, 5) is 25.6. The average molecular weight is 408 g/mol. The summed E-state index contributed by atoms with van der Waals surface area (Å²) < 4.78 is 5.52. The molecule has 1 aromatic carbocycles. The fourth-order valence-electron chi connectivity index (χ4n) is 3.81. The van der Waals surface area contributed by atoms with Crippen LogP contribution >= 0.6 is 11.8 Å². The molecule has 0 aliphatic carbocycles. The van der Waals surface area contributed by atoms with Crippen LogP contribution < -0.4 is 10.6 Å². The molecule has 3 N–H and O–H groups in total. The molecule has 4 atom stereocenters. The van der Waals surface area contributed by atoms with E-state index in [4.69, 9.17) is 4.74 Å². The number of carbonyl (C=O) groups is 2. The van der Waals surface area contributed by atoms with Gasteiger partial charge in [0.1, 0.15) is 5.75 Å². The number of thioether (sulfide) groups is 1. The predicted octanol–water partition coefficient (Wildman–Crippen LogP) is 2.26. The van der Waals surface area contributed by atoms with Crippen LogP contribution in [0.3, 0.4) is 0 Å². The minimum absolute atomic E-state index is 0.0570. The second-order valence-corrected chi connectivity index (χ2v) is 8.73. The monoisotopic (exact) mass is 407 g/mol. The Morgan fingerprint density at radius 1 is 1.32 bits per heavy atom. The number of amides is 3. The first kappa shape index (κ1) is 20.8. The van der Waals surface area contributed by atoms with Crippen molar-refractivity contribution in [3.05, 3.63) is 29.8 Å². The van der Waals surface area contributed by atoms with Crippen molar-refractivity contribution in [1.82, 2.24) is 15.5 Å². The van der Waals surface area contributed by atoms with Crippen LogP contribution in [-0.2, 0) is 9.53 Å². The number of urea groups is 1. The molecule has 0 spiro atoms. The van der Waals surface area contributed by atoms with Gasteiger partial charge in [-0.3, -0.25) is 4.79 Å². The van der Waals surface area contributed by atoms with Gasteiger partial charge in [0.15, 0.2) is 0 Å². The Kier molecular flexibility index (Phi) is 7.07. The van der Waals surface area contributed by atoms with Gasteiger partial charge in [-0.1, -0.05) is 18.6 Å². The molecular formula is C20H29N3O4S. The number of likely N-dealkylation sites (N-methyl/N-ethyl adjacent to an activating group) is 1. The number of hydrogen-bond acceptors (Lipinski definition) is 5. The Morgan fingerprint density at radius 2 is 2.07 bits per heavy atom. The van der Waals surface area contributed by atoms with E-state index in [9.17, 15) is 14.7 Å². The number of benzene rings is 1. The largest absolute Gasteiger partial charge is 0.508 e. The Bertz CT molecular complexity index is 685. The Labute approximate surface area is 170 Å². The second kappa shape index (κ2) is 9.52. The molecule has 2 aliphatic rings. The molecule has 0 aromatic heterocycles. The molecule has 28 heavy (non-hydrogen) atoms. The first-order valence-corrected chi connectivity index (χ1v) is 10.8. The molecule has 0 saturated carbocycles. The van der Waals surface area contributed by atoms with Crippen molar-refractivity contribution in [2.24, 2.45) is 0 Å². The van der Waals surface area contributed by atoms with Crippen molar-refractivity contribution in [3.8, 4) is 5.75 Å². The summed E-state index contributed by atoms with van der Waals surface area (Å²) in [5, 5.41) is 15.8. The molecule has 2 heterocycles. The van der Waals surface area contributed by atoms with E-state index in [1.54, 1.807) is 31.2 Å². The lowest BCUT2D eigenvalue weighted by atomic mass is 10.0. The number of aromatic hydroxyl groups is 1. The maximum absolute atomic E-state index is 12.5. The highest BCUT2D eigenvalue weighted by molar-refractivity contribution is 8.00. The number of rotatable bonds is 9. The molecular weight excluding hydrogens is 378 g/mol. The molecule has 1 aromatic rings. The van der Waals surface area contributed by atoms with Gasteiger partial charge in [-0.25, -0.2) is 4.79 Å². The molecule has 7 nitrogen and oxygen atoms in total. The van der Waals surface area contributed by atoms with Crippen LogP contribution in [0, 0.1) is 0 Å². The first-order chi connectivity index (χ1) is 13.5. The lowest BCUT2D eigenvalue weighted by molar-refractivity contribution is -0.131. The van der Waals surface area contributed by atoms with Crippen LogP contribution in [0.5, 0.6) is 5.75 Å². The molecule has 2 aliphatic heterocycles. The number of nitrogens with one attached hydrogen (secondary N) is 2. The standard InChI is InChI=1S/C20H29N3O4S/c1-23(11-16(27-2)13-7-9-14(24)10-8-13)18(25)6-4-3-5-17-19-15(12-28-17)21-20(26)22-19/h7-10,15-17,19,24H,3-6,11-12H2,1-2H3,(H2,21,22,26)/t15-,16-,17-,19-/m0/s1. The number of carbonyl (C=O) groups excluding carboxylic acids is 2. The summed E-state index contributed by atoms with van der Waals surface area (Å²) in [5.41, 5.74) is 0.931. The molecule has 0 unspecified atom stereocenters. The van der Waals surface area contributed by atoms with Crippen LogP contribution in [0.15, 0.2) is 24.3 Å². The summed E-state index contributed by atoms with van der Waals surface area (Å²) in [6.45, 7) is 0.472. The molecule has 154 valence electrons. The third-order valence-corrected chi connectivity index (χ3v) is 6.99. The maximum atomic E-state index is 12.5. The van der Waals surface area contributed by atoms with Gasteiger partial charge in [0.05, 0.1) is 24.7 Å². The van der Waals surface area contributed by atoms with Gasteiger partial charge in [0.25, 0.3) is 0 Å². The highest BCUT2D eigenvalue weighted by Crippen LogP contribution is 2.33. The summed E-state index contributed by atoms with van der Waals surface area (Å²) in [7, 11) is 3.42. The number of unbranched alkanes of at least 4 members (excludes halogenated alkanes) is 1. The van der Waals surface area contributed by atoms with Crippen LogP contribution in [0.25, 0.3) is 0 Å². The molecule has 2 fully saturated rings. The number of hydrogen-bond donors (Lipinski definition) is 3. The van der Waals surface area contributed by atoms with E-state index in [-0.39, 0.29) is 35.9 Å². The van der Waals surface area contributed by atoms with Crippen molar-refractivity contribution < 1.29 is 19.4 Å². The number of methoxy groups -OCH3 is 1. The zero-order chi connectivity index (χ0) is 20.1. The smallest absolute Gasteiger partial charge is 0.315 e. The van der Waals surface area contributed by atoms with Gasteiger partial charge < -0.3 is 25.4 Å². The molecule has 3 rings (SSSR count). The van der Waals surface area contributed by atoms with Crippen molar-refractivity contribution >= 4 is 23.7 Å². The van der Waals surface area contributed by atoms with Crippen LogP contribution in [0.1, 0.15) is 37.4 Å². The third kappa shape index (κ3) is 5.11. The zero-order valence-corrected chi connectivity index (χ0v) is 17.2. The molecule has 0 bridgehead atoms. The van der Waals surface area contributed by atoms with Crippen molar-refractivity contribution in [2.75, 3.05) is 26.5 Å². The summed E-state index contributed by atoms with van der Waals surface area (Å²) in [6, 6.07) is 7.28. The SMILES string of the molecule is CO[C@@H](CN(C)C(=O)CCCC[C@@H]1SC[C@@H]2NC(=O)N[C@@H]21)c1ccc(O)cc1. The van der Waals surface area contributed by atoms with Crippen LogP contribution in [-0.4, -0.2) is 65.7 Å². The number of fused-ring (bicyclic) bond motifs is 1. The number of nitrogens with zero attached hydrogens (tertiary/aromatic N) is 1. The highest BCUT2D eigenvalue weighted by atomic mass is 32.2. The minimum atomic E-state index is -0.222. The van der Waals surface area contributed by atoms with Gasteiger partial charge in [-0.05, 0) is 30.5 Å². The van der Waals surface area contributed by atoms with Gasteiger partial charge in [0, 0.05) is 31.6 Å². The van der Waals surface area contributed by atoms with E-state index in [0.717, 1.165) is 30.6 Å². The van der Waals surface area contributed by atoms with Gasteiger partial charge in [-0.15, -0.1) is 0 Å². The van der Waals surface area contributed by atoms with Gasteiger partial charge >= 0.3 is 6.03 Å². The third-order valence-electron chi connectivity index (χ3n) is 5.48. The fraction of sp³-hybridized carbons (Fsp3) is 0.600. The Morgan fingerprint density at radius 3 is 2.79 bits per heavy atom. The van der Waals surface area contributed by atoms with E-state index < -0.39 is 0 Å². The van der Waals surface area contributed by atoms with Crippen molar-refractivity contribution in [3.63, 3.8) is 0 Å². The summed E-state index contributed by atoms with van der Waals surface area (Å²) >= 11 is 1.90. The predicted molar refractivity (Wildman–Crippen MR) is 109 cm³/mol. The topological polar surface area (TPSA) is 90.9 Å². The average Bonchev–Trinajstić information content (AvgIpc) is 3.23. The van der Waals surface area contributed by atoms with E-state index in [0.29, 0.717) is 18.2 Å². The quantitative estimate of drug-likeness (QED) is 0.432. The van der Waals surface area contributed by atoms with Gasteiger partial charge in [0.2, 0.25) is 5.91 Å². The molecule has 2 saturated heterocycles. The summed E-state index contributed by atoms with van der Waals surface area (Å²) in [5.74, 6) is 1.28. The van der Waals surface area contributed by atoms with Crippen molar-refractivity contribution in [2.45, 2.75) is 49.1 Å². The van der Waals surface area contributed by atoms with E-state index in [1.165, 1.54) is 0 Å². The second-order valence-electron chi connectivity index (χ2n) is 7.46. The maximum Gasteiger partial charge on any atom is 0.315 e. The lowest BCUT2D eigenvalue weighted by Gasteiger charge is -2.24. The van der Waals surface area contributed by atoms with Gasteiger partial charge in [-0.2, -0.15) is 11.8 Å². The van der Waals surface area contributed by atoms with E-state index >= 15 is 0 Å². The minimum Gasteiger partial charge on any atom is -0.508 e. The normalized spacial score (nSPS) is 24.4.